The van der Waals surface area contributed by atoms with Gasteiger partial charge in [-0.15, -0.1) is 0 Å². The molecule has 2 aliphatic rings. The van der Waals surface area contributed by atoms with Gasteiger partial charge in [0.15, 0.2) is 0 Å². The minimum absolute atomic E-state index is 0.00225. The molecule has 1 N–H and O–H groups in total. The molecule has 0 radical (unpaired) electrons. The monoisotopic (exact) mass is 318 g/mol. The van der Waals surface area contributed by atoms with Gasteiger partial charge < -0.3 is 14.4 Å². The maximum absolute atomic E-state index is 12.0. The topological polar surface area (TPSA) is 71.9 Å². The van der Waals surface area contributed by atoms with Gasteiger partial charge in [0.25, 0.3) is 0 Å². The molecule has 23 heavy (non-hydrogen) atoms. The molecule has 3 heterocycles. The molecule has 0 saturated carbocycles. The number of amides is 1. The highest BCUT2D eigenvalue weighted by molar-refractivity contribution is 6.62. The molecule has 1 aromatic rings. The summed E-state index contributed by atoms with van der Waals surface area (Å²) in [5, 5.41) is 9.14. The number of aryl methyl sites for hydroxylation is 1. The molecule has 0 bridgehead atoms. The lowest BCUT2D eigenvalue weighted by Gasteiger charge is -2.32. The number of aliphatic hydroxyl groups excluding tert-OH is 1. The number of pyridine rings is 1. The molecule has 0 aromatic carbocycles. The second kappa shape index (κ2) is 5.58. The van der Waals surface area contributed by atoms with Crippen molar-refractivity contribution >= 4 is 24.3 Å². The first kappa shape index (κ1) is 16.4. The van der Waals surface area contributed by atoms with Crippen LogP contribution in [0.5, 0.6) is 0 Å². The van der Waals surface area contributed by atoms with Gasteiger partial charge in [0, 0.05) is 18.1 Å². The lowest BCUT2D eigenvalue weighted by atomic mass is 9.79. The van der Waals surface area contributed by atoms with Crippen molar-refractivity contribution in [2.24, 2.45) is 0 Å². The van der Waals surface area contributed by atoms with E-state index in [2.05, 4.69) is 4.98 Å². The number of nitrogens with zero attached hydrogens (tertiary/aromatic N) is 2. The van der Waals surface area contributed by atoms with Crippen molar-refractivity contribution in [3.63, 3.8) is 0 Å². The van der Waals surface area contributed by atoms with Crippen LogP contribution in [0, 0.1) is 0 Å². The normalized spacial score (nSPS) is 22.4. The third kappa shape index (κ3) is 2.77. The van der Waals surface area contributed by atoms with E-state index < -0.39 is 18.3 Å². The number of carbonyl (C=O) groups excluding carboxylic acids is 1. The standard InChI is InChI=1S/C16H23BN2O4/c1-15(2)16(3,4)23-17(22-15)12-9-11-5-6-13(21)19(7-8-20)14(11)18-10-12/h9-10,20H,5-8H2,1-4H3. The predicted octanol–water partition coefficient (Wildman–Crippen LogP) is 0.652. The highest BCUT2D eigenvalue weighted by Gasteiger charge is 2.52. The summed E-state index contributed by atoms with van der Waals surface area (Å²) >= 11 is 0. The molecule has 3 rings (SSSR count). The number of hydrogen-bond acceptors (Lipinski definition) is 5. The van der Waals surface area contributed by atoms with Crippen LogP contribution in [0.2, 0.25) is 0 Å². The number of anilines is 1. The van der Waals surface area contributed by atoms with Gasteiger partial charge in [-0.3, -0.25) is 9.69 Å². The minimum Gasteiger partial charge on any atom is -0.399 e. The van der Waals surface area contributed by atoms with E-state index in [9.17, 15) is 4.79 Å². The Morgan fingerprint density at radius 3 is 2.52 bits per heavy atom. The second-order valence-corrected chi connectivity index (χ2v) is 7.11. The summed E-state index contributed by atoms with van der Waals surface area (Å²) in [5.41, 5.74) is 1.06. The van der Waals surface area contributed by atoms with Crippen molar-refractivity contribution in [2.75, 3.05) is 18.1 Å². The number of rotatable bonds is 3. The summed E-state index contributed by atoms with van der Waals surface area (Å²) in [6.07, 6.45) is 2.78. The highest BCUT2D eigenvalue weighted by atomic mass is 16.7. The molecule has 124 valence electrons. The molecule has 1 fully saturated rings. The van der Waals surface area contributed by atoms with Crippen LogP contribution in [0.1, 0.15) is 39.7 Å². The van der Waals surface area contributed by atoms with Crippen molar-refractivity contribution in [3.8, 4) is 0 Å². The Labute approximate surface area is 136 Å². The van der Waals surface area contributed by atoms with Gasteiger partial charge in [-0.1, -0.05) is 6.07 Å². The van der Waals surface area contributed by atoms with Gasteiger partial charge in [0.05, 0.1) is 24.4 Å². The molecule has 0 spiro atoms. The Morgan fingerprint density at radius 2 is 1.91 bits per heavy atom. The molecule has 1 aromatic heterocycles. The second-order valence-electron chi connectivity index (χ2n) is 7.11. The molecule has 6 nitrogen and oxygen atoms in total. The Morgan fingerprint density at radius 1 is 1.26 bits per heavy atom. The fraction of sp³-hybridized carbons (Fsp3) is 0.625. The maximum atomic E-state index is 12.0. The molecule has 7 heteroatoms. The average molecular weight is 318 g/mol. The Bertz CT molecular complexity index is 617. The van der Waals surface area contributed by atoms with Crippen molar-refractivity contribution in [2.45, 2.75) is 51.7 Å². The van der Waals surface area contributed by atoms with Crippen LogP contribution in [0.15, 0.2) is 12.3 Å². The smallest absolute Gasteiger partial charge is 0.399 e. The van der Waals surface area contributed by atoms with Gasteiger partial charge in [0.1, 0.15) is 5.82 Å². The van der Waals surface area contributed by atoms with Gasteiger partial charge in [0.2, 0.25) is 5.91 Å². The van der Waals surface area contributed by atoms with E-state index in [-0.39, 0.29) is 19.1 Å². The molecule has 0 aliphatic carbocycles. The number of hydrogen-bond donors (Lipinski definition) is 1. The number of fused-ring (bicyclic) bond motifs is 1. The average Bonchev–Trinajstić information content (AvgIpc) is 2.70. The number of β-amino-alcohol motifs (C(OH)–C–C–N with tert-alkyl or cyclic N) is 1. The van der Waals surface area contributed by atoms with Gasteiger partial charge in [-0.2, -0.15) is 0 Å². The molecule has 2 aliphatic heterocycles. The van der Waals surface area contributed by atoms with E-state index in [4.69, 9.17) is 14.4 Å². The van der Waals surface area contributed by atoms with Crippen LogP contribution in [0.3, 0.4) is 0 Å². The summed E-state index contributed by atoms with van der Waals surface area (Å²) in [4.78, 5) is 18.0. The van der Waals surface area contributed by atoms with Crippen LogP contribution in [0.4, 0.5) is 5.82 Å². The van der Waals surface area contributed by atoms with Crippen LogP contribution in [-0.4, -0.2) is 47.5 Å². The summed E-state index contributed by atoms with van der Waals surface area (Å²) in [6, 6.07) is 2.00. The van der Waals surface area contributed by atoms with E-state index in [1.54, 1.807) is 11.1 Å². The van der Waals surface area contributed by atoms with Crippen molar-refractivity contribution < 1.29 is 19.2 Å². The number of carbonyl (C=O) groups is 1. The summed E-state index contributed by atoms with van der Waals surface area (Å²) in [6.45, 7) is 8.25. The lowest BCUT2D eigenvalue weighted by molar-refractivity contribution is -0.119. The minimum atomic E-state index is -0.457. The predicted molar refractivity (Wildman–Crippen MR) is 87.7 cm³/mol. The third-order valence-corrected chi connectivity index (χ3v) is 4.98. The molecular formula is C16H23BN2O4. The third-order valence-electron chi connectivity index (χ3n) is 4.98. The molecule has 0 unspecified atom stereocenters. The van der Waals surface area contributed by atoms with E-state index in [0.717, 1.165) is 11.0 Å². The Hall–Kier alpha value is -1.44. The highest BCUT2D eigenvalue weighted by Crippen LogP contribution is 2.36. The number of aliphatic hydroxyl groups is 1. The fourth-order valence-electron chi connectivity index (χ4n) is 2.88. The molecular weight excluding hydrogens is 295 g/mol. The zero-order chi connectivity index (χ0) is 16.8. The summed E-state index contributed by atoms with van der Waals surface area (Å²) < 4.78 is 12.1. The first-order chi connectivity index (χ1) is 10.7. The largest absolute Gasteiger partial charge is 0.496 e. The van der Waals surface area contributed by atoms with Crippen LogP contribution < -0.4 is 10.4 Å². The van der Waals surface area contributed by atoms with Gasteiger partial charge in [-0.05, 0) is 39.7 Å². The van der Waals surface area contributed by atoms with Crippen LogP contribution in [-0.2, 0) is 20.5 Å². The quantitative estimate of drug-likeness (QED) is 0.829. The molecule has 1 saturated heterocycles. The first-order valence-corrected chi connectivity index (χ1v) is 8.01. The SMILES string of the molecule is CC1(C)OB(c2cnc3c(c2)CCC(=O)N3CCO)OC1(C)C. The number of aromatic nitrogens is 1. The van der Waals surface area contributed by atoms with Crippen molar-refractivity contribution in [1.29, 1.82) is 0 Å². The molecule has 1 amide bonds. The zero-order valence-corrected chi connectivity index (χ0v) is 14.1. The van der Waals surface area contributed by atoms with Crippen LogP contribution >= 0.6 is 0 Å². The van der Waals surface area contributed by atoms with E-state index in [0.29, 0.717) is 18.7 Å². The van der Waals surface area contributed by atoms with Crippen LogP contribution in [0.25, 0.3) is 0 Å². The van der Waals surface area contributed by atoms with E-state index >= 15 is 0 Å². The van der Waals surface area contributed by atoms with Gasteiger partial charge >= 0.3 is 7.12 Å². The summed E-state index contributed by atoms with van der Waals surface area (Å²) in [7, 11) is -0.457. The Balaban J connectivity index is 1.89. The fourth-order valence-corrected chi connectivity index (χ4v) is 2.88. The van der Waals surface area contributed by atoms with Crippen molar-refractivity contribution in [3.05, 3.63) is 17.8 Å². The zero-order valence-electron chi connectivity index (χ0n) is 14.1. The first-order valence-electron chi connectivity index (χ1n) is 8.01. The van der Waals surface area contributed by atoms with Gasteiger partial charge in [-0.25, -0.2) is 4.98 Å². The molecule has 0 atom stereocenters. The Kier molecular flexibility index (Phi) is 3.98. The van der Waals surface area contributed by atoms with E-state index in [1.807, 2.05) is 33.8 Å². The van der Waals surface area contributed by atoms with Crippen molar-refractivity contribution in [1.82, 2.24) is 4.98 Å². The van der Waals surface area contributed by atoms with E-state index in [1.165, 1.54) is 0 Å². The lowest BCUT2D eigenvalue weighted by Crippen LogP contribution is -2.41. The maximum Gasteiger partial charge on any atom is 0.496 e. The summed E-state index contributed by atoms with van der Waals surface area (Å²) in [5.74, 6) is 0.637.